The fourth-order valence-electron chi connectivity index (χ4n) is 2.78. The molecule has 4 aromatic rings. The third-order valence-electron chi connectivity index (χ3n) is 4.02. The van der Waals surface area contributed by atoms with Crippen LogP contribution in [0.1, 0.15) is 5.69 Å². The first-order valence-corrected chi connectivity index (χ1v) is 7.57. The van der Waals surface area contributed by atoms with Crippen LogP contribution in [0.3, 0.4) is 0 Å². The molecule has 0 aliphatic carbocycles. The fraction of sp³-hybridized carbons (Fsp3) is 0.176. The summed E-state index contributed by atoms with van der Waals surface area (Å²) in [5, 5.41) is 23.0. The van der Waals surface area contributed by atoms with Crippen LogP contribution in [0, 0.1) is 6.92 Å². The molecule has 0 aliphatic rings. The van der Waals surface area contributed by atoms with Crippen LogP contribution in [0.15, 0.2) is 35.2 Å². The largest absolute Gasteiger partial charge is 0.504 e. The zero-order valence-corrected chi connectivity index (χ0v) is 13.9. The predicted molar refractivity (Wildman–Crippen MR) is 90.2 cm³/mol. The number of phenolic OH excluding ortho intramolecular Hbond substituents is 1. The minimum Gasteiger partial charge on any atom is -0.504 e. The van der Waals surface area contributed by atoms with Crippen LogP contribution in [0.4, 0.5) is 0 Å². The highest BCUT2D eigenvalue weighted by Gasteiger charge is 2.18. The van der Waals surface area contributed by atoms with Crippen molar-refractivity contribution < 1.29 is 14.5 Å². The average molecular weight is 337 g/mol. The summed E-state index contributed by atoms with van der Waals surface area (Å²) in [5.41, 5.74) is 4.25. The smallest absolute Gasteiger partial charge is 0.161 e. The second-order valence-corrected chi connectivity index (χ2v) is 5.70. The van der Waals surface area contributed by atoms with Gasteiger partial charge in [0.05, 0.1) is 24.5 Å². The molecule has 1 aromatic carbocycles. The summed E-state index contributed by atoms with van der Waals surface area (Å²) in [4.78, 5) is 4.65. The van der Waals surface area contributed by atoms with Crippen LogP contribution in [0.25, 0.3) is 33.4 Å². The monoisotopic (exact) mass is 337 g/mol. The number of rotatable bonds is 3. The Kier molecular flexibility index (Phi) is 3.38. The highest BCUT2D eigenvalue weighted by atomic mass is 16.6. The van der Waals surface area contributed by atoms with Gasteiger partial charge in [0.15, 0.2) is 11.5 Å². The Bertz CT molecular complexity index is 1080. The summed E-state index contributed by atoms with van der Waals surface area (Å²) in [6, 6.07) is 5.21. The Hall–Kier alpha value is -3.42. The first-order chi connectivity index (χ1) is 12.1. The van der Waals surface area contributed by atoms with Crippen LogP contribution in [-0.2, 0) is 7.05 Å². The van der Waals surface area contributed by atoms with E-state index in [0.717, 1.165) is 16.5 Å². The molecule has 0 unspecified atom stereocenters. The van der Waals surface area contributed by atoms with E-state index in [-0.39, 0.29) is 5.75 Å². The number of methoxy groups -OCH3 is 1. The van der Waals surface area contributed by atoms with Gasteiger partial charge in [-0.1, -0.05) is 5.16 Å². The van der Waals surface area contributed by atoms with Gasteiger partial charge in [0.2, 0.25) is 0 Å². The van der Waals surface area contributed by atoms with Crippen molar-refractivity contribution in [1.82, 2.24) is 25.1 Å². The molecule has 0 radical (unpaired) electrons. The van der Waals surface area contributed by atoms with Gasteiger partial charge >= 0.3 is 0 Å². The van der Waals surface area contributed by atoms with Crippen LogP contribution >= 0.6 is 0 Å². The Morgan fingerprint density at radius 1 is 1.20 bits per heavy atom. The summed E-state index contributed by atoms with van der Waals surface area (Å²) in [6.07, 6.45) is 3.60. The second kappa shape index (κ2) is 5.59. The van der Waals surface area contributed by atoms with Crippen molar-refractivity contribution >= 4 is 10.9 Å². The van der Waals surface area contributed by atoms with E-state index in [0.29, 0.717) is 28.3 Å². The number of phenols is 1. The maximum absolute atomic E-state index is 10.1. The van der Waals surface area contributed by atoms with E-state index in [1.807, 2.05) is 26.2 Å². The van der Waals surface area contributed by atoms with E-state index in [9.17, 15) is 5.11 Å². The highest BCUT2D eigenvalue weighted by molar-refractivity contribution is 5.97. The molecule has 1 N–H and O–H groups in total. The molecule has 0 fully saturated rings. The standard InChI is InChI=1S/C17H15N5O3/c1-9-17(21-25-20-9)12-4-13(10-7-18-22(2)8-10)19-14-6-15(23)16(24-3)5-11(12)14/h4-8,23H,1-3H3. The molecule has 0 aliphatic heterocycles. The summed E-state index contributed by atoms with van der Waals surface area (Å²) in [5.74, 6) is 0.380. The summed E-state index contributed by atoms with van der Waals surface area (Å²) in [7, 11) is 3.34. The number of hydrogen-bond acceptors (Lipinski definition) is 7. The lowest BCUT2D eigenvalue weighted by atomic mass is 10.0. The molecule has 4 rings (SSSR count). The molecular formula is C17H15N5O3. The normalized spacial score (nSPS) is 11.2. The maximum atomic E-state index is 10.1. The van der Waals surface area contributed by atoms with Gasteiger partial charge < -0.3 is 9.84 Å². The van der Waals surface area contributed by atoms with Crippen LogP contribution in [-0.4, -0.2) is 37.3 Å². The zero-order chi connectivity index (χ0) is 17.6. The van der Waals surface area contributed by atoms with Crippen molar-refractivity contribution in [2.45, 2.75) is 6.92 Å². The lowest BCUT2D eigenvalue weighted by molar-refractivity contribution is 0.306. The summed E-state index contributed by atoms with van der Waals surface area (Å²) >= 11 is 0. The van der Waals surface area contributed by atoms with Gasteiger partial charge in [-0.2, -0.15) is 5.10 Å². The van der Waals surface area contributed by atoms with Crippen LogP contribution < -0.4 is 4.74 Å². The van der Waals surface area contributed by atoms with E-state index < -0.39 is 0 Å². The number of ether oxygens (including phenoxy) is 1. The average Bonchev–Trinajstić information content (AvgIpc) is 3.21. The van der Waals surface area contributed by atoms with Gasteiger partial charge in [-0.05, 0) is 24.2 Å². The SMILES string of the molecule is COc1cc2c(-c3nonc3C)cc(-c3cnn(C)c3)nc2cc1O. The number of pyridine rings is 1. The van der Waals surface area contributed by atoms with Crippen molar-refractivity contribution in [3.8, 4) is 34.0 Å². The molecule has 0 saturated heterocycles. The molecular weight excluding hydrogens is 322 g/mol. The van der Waals surface area contributed by atoms with Gasteiger partial charge in [-0.3, -0.25) is 4.68 Å². The molecule has 25 heavy (non-hydrogen) atoms. The van der Waals surface area contributed by atoms with E-state index in [1.165, 1.54) is 7.11 Å². The molecule has 0 amide bonds. The summed E-state index contributed by atoms with van der Waals surface area (Å²) < 4.78 is 11.8. The number of fused-ring (bicyclic) bond motifs is 1. The minimum absolute atomic E-state index is 0.0202. The first-order valence-electron chi connectivity index (χ1n) is 7.57. The third kappa shape index (κ3) is 2.47. The van der Waals surface area contributed by atoms with Gasteiger partial charge in [0.25, 0.3) is 0 Å². The van der Waals surface area contributed by atoms with E-state index in [2.05, 4.69) is 20.4 Å². The van der Waals surface area contributed by atoms with Crippen molar-refractivity contribution in [1.29, 1.82) is 0 Å². The number of hydrogen-bond donors (Lipinski definition) is 1. The topological polar surface area (TPSA) is 99.1 Å². The Morgan fingerprint density at radius 3 is 2.68 bits per heavy atom. The molecule has 8 nitrogen and oxygen atoms in total. The Labute approximate surface area is 142 Å². The van der Waals surface area contributed by atoms with Crippen molar-refractivity contribution in [3.63, 3.8) is 0 Å². The third-order valence-corrected chi connectivity index (χ3v) is 4.02. The number of aryl methyl sites for hydroxylation is 2. The predicted octanol–water partition coefficient (Wildman–Crippen LogP) is 2.71. The second-order valence-electron chi connectivity index (χ2n) is 5.70. The van der Waals surface area contributed by atoms with E-state index in [1.54, 1.807) is 23.0 Å². The van der Waals surface area contributed by atoms with Gasteiger partial charge in [0, 0.05) is 35.8 Å². The highest BCUT2D eigenvalue weighted by Crippen LogP contribution is 2.37. The summed E-state index contributed by atoms with van der Waals surface area (Å²) in [6.45, 7) is 1.82. The molecule has 3 heterocycles. The fourth-order valence-corrected chi connectivity index (χ4v) is 2.78. The number of nitrogens with zero attached hydrogens (tertiary/aromatic N) is 5. The zero-order valence-electron chi connectivity index (χ0n) is 13.9. The van der Waals surface area contributed by atoms with Crippen LogP contribution in [0.5, 0.6) is 11.5 Å². The lowest BCUT2D eigenvalue weighted by Crippen LogP contribution is -1.93. The molecule has 0 atom stereocenters. The van der Waals surface area contributed by atoms with Crippen molar-refractivity contribution in [2.24, 2.45) is 7.05 Å². The number of aromatic hydroxyl groups is 1. The van der Waals surface area contributed by atoms with Crippen molar-refractivity contribution in [3.05, 3.63) is 36.3 Å². The van der Waals surface area contributed by atoms with E-state index in [4.69, 9.17) is 9.37 Å². The molecule has 126 valence electrons. The lowest BCUT2D eigenvalue weighted by Gasteiger charge is -2.10. The quantitative estimate of drug-likeness (QED) is 0.613. The molecule has 0 saturated carbocycles. The molecule has 8 heteroatoms. The maximum Gasteiger partial charge on any atom is 0.161 e. The van der Waals surface area contributed by atoms with Crippen LogP contribution in [0.2, 0.25) is 0 Å². The Morgan fingerprint density at radius 2 is 2.04 bits per heavy atom. The molecule has 0 spiro atoms. The van der Waals surface area contributed by atoms with Gasteiger partial charge in [-0.15, -0.1) is 0 Å². The van der Waals surface area contributed by atoms with Crippen molar-refractivity contribution in [2.75, 3.05) is 7.11 Å². The minimum atomic E-state index is 0.0202. The first kappa shape index (κ1) is 15.1. The van der Waals surface area contributed by atoms with E-state index >= 15 is 0 Å². The van der Waals surface area contributed by atoms with Gasteiger partial charge in [0.1, 0.15) is 11.4 Å². The van der Waals surface area contributed by atoms with Gasteiger partial charge in [-0.25, -0.2) is 9.61 Å². The number of aromatic nitrogens is 5. The Balaban J connectivity index is 2.06. The number of benzene rings is 1. The molecule has 0 bridgehead atoms. The molecule has 3 aromatic heterocycles.